The Bertz CT molecular complexity index is 792. The van der Waals surface area contributed by atoms with Crippen LogP contribution in [0, 0.1) is 24.0 Å². The SMILES string of the molecule is Cc1cc(NC(=O)CSc2c(Cl)cccc2Cl)c([N+](=O)[O-])cc1C. The van der Waals surface area contributed by atoms with Gasteiger partial charge in [-0.05, 0) is 43.2 Å². The number of thioether (sulfide) groups is 1. The normalized spacial score (nSPS) is 10.5. The number of halogens is 2. The Morgan fingerprint density at radius 3 is 2.38 bits per heavy atom. The molecule has 0 fully saturated rings. The lowest BCUT2D eigenvalue weighted by atomic mass is 10.1. The third-order valence-electron chi connectivity index (χ3n) is 3.35. The molecule has 0 atom stereocenters. The quantitative estimate of drug-likeness (QED) is 0.434. The maximum absolute atomic E-state index is 12.1. The van der Waals surface area contributed by atoms with Crippen LogP contribution in [0.3, 0.4) is 0 Å². The molecule has 0 aliphatic rings. The number of amides is 1. The average Bonchev–Trinajstić information content (AvgIpc) is 2.50. The fraction of sp³-hybridized carbons (Fsp3) is 0.188. The number of nitrogens with one attached hydrogen (secondary N) is 1. The first-order valence-electron chi connectivity index (χ1n) is 6.92. The van der Waals surface area contributed by atoms with Gasteiger partial charge in [0.2, 0.25) is 5.91 Å². The monoisotopic (exact) mass is 384 g/mol. The maximum atomic E-state index is 12.1. The van der Waals surface area contributed by atoms with Crippen LogP contribution < -0.4 is 5.32 Å². The van der Waals surface area contributed by atoms with Gasteiger partial charge in [-0.1, -0.05) is 29.3 Å². The van der Waals surface area contributed by atoms with Crippen LogP contribution >= 0.6 is 35.0 Å². The minimum Gasteiger partial charge on any atom is -0.320 e. The molecule has 1 amide bonds. The van der Waals surface area contributed by atoms with Crippen LogP contribution in [-0.4, -0.2) is 16.6 Å². The van der Waals surface area contributed by atoms with Gasteiger partial charge in [0, 0.05) is 11.0 Å². The van der Waals surface area contributed by atoms with Gasteiger partial charge in [-0.15, -0.1) is 11.8 Å². The molecule has 0 bridgehead atoms. The fourth-order valence-corrected chi connectivity index (χ4v) is 3.48. The first-order chi connectivity index (χ1) is 11.3. The number of rotatable bonds is 5. The summed E-state index contributed by atoms with van der Waals surface area (Å²) < 4.78 is 0. The number of carbonyl (C=O) groups excluding carboxylic acids is 1. The van der Waals surface area contributed by atoms with Gasteiger partial charge in [0.05, 0.1) is 20.7 Å². The van der Waals surface area contributed by atoms with E-state index in [1.165, 1.54) is 17.8 Å². The smallest absolute Gasteiger partial charge is 0.293 e. The molecule has 0 radical (unpaired) electrons. The van der Waals surface area contributed by atoms with Crippen LogP contribution in [0.5, 0.6) is 0 Å². The van der Waals surface area contributed by atoms with Gasteiger partial charge < -0.3 is 5.32 Å². The Labute approximate surface area is 153 Å². The van der Waals surface area contributed by atoms with E-state index in [9.17, 15) is 14.9 Å². The Hall–Kier alpha value is -1.76. The van der Waals surface area contributed by atoms with Crippen LogP contribution in [0.4, 0.5) is 11.4 Å². The van der Waals surface area contributed by atoms with E-state index in [1.54, 1.807) is 31.2 Å². The predicted octanol–water partition coefficient (Wildman–Crippen LogP) is 5.25. The van der Waals surface area contributed by atoms with E-state index in [0.29, 0.717) is 14.9 Å². The van der Waals surface area contributed by atoms with Crippen LogP contribution in [0.1, 0.15) is 11.1 Å². The number of aryl methyl sites for hydroxylation is 2. The molecular formula is C16H14Cl2N2O3S. The summed E-state index contributed by atoms with van der Waals surface area (Å²) >= 11 is 13.3. The molecule has 0 spiro atoms. The molecule has 0 aromatic heterocycles. The second-order valence-electron chi connectivity index (χ2n) is 5.10. The van der Waals surface area contributed by atoms with Crippen LogP contribution in [0.15, 0.2) is 35.2 Å². The average molecular weight is 385 g/mol. The number of hydrogen-bond acceptors (Lipinski definition) is 4. The standard InChI is InChI=1S/C16H14Cl2N2O3S/c1-9-6-13(14(20(22)23)7-10(9)2)19-15(21)8-24-16-11(17)4-3-5-12(16)18/h3-7H,8H2,1-2H3,(H,19,21). The van der Waals surface area contributed by atoms with Gasteiger partial charge >= 0.3 is 0 Å². The molecular weight excluding hydrogens is 371 g/mol. The number of carbonyl (C=O) groups is 1. The van der Waals surface area contributed by atoms with Gasteiger partial charge in [-0.3, -0.25) is 14.9 Å². The van der Waals surface area contributed by atoms with E-state index in [4.69, 9.17) is 23.2 Å². The van der Waals surface area contributed by atoms with Gasteiger partial charge in [0.15, 0.2) is 0 Å². The highest BCUT2D eigenvalue weighted by atomic mass is 35.5. The van der Waals surface area contributed by atoms with Gasteiger partial charge in [-0.2, -0.15) is 0 Å². The molecule has 0 aliphatic carbocycles. The van der Waals surface area contributed by atoms with Crippen molar-refractivity contribution in [2.24, 2.45) is 0 Å². The molecule has 24 heavy (non-hydrogen) atoms. The molecule has 5 nitrogen and oxygen atoms in total. The van der Waals surface area contributed by atoms with E-state index in [2.05, 4.69) is 5.32 Å². The van der Waals surface area contributed by atoms with Crippen LogP contribution in [0.2, 0.25) is 10.0 Å². The number of benzene rings is 2. The van der Waals surface area contributed by atoms with E-state index in [0.717, 1.165) is 11.1 Å². The van der Waals surface area contributed by atoms with Crippen molar-refractivity contribution in [1.82, 2.24) is 0 Å². The highest BCUT2D eigenvalue weighted by Gasteiger charge is 2.18. The highest BCUT2D eigenvalue weighted by Crippen LogP contribution is 2.34. The van der Waals surface area contributed by atoms with Crippen molar-refractivity contribution >= 4 is 52.2 Å². The molecule has 0 saturated carbocycles. The summed E-state index contributed by atoms with van der Waals surface area (Å²) in [5.41, 5.74) is 1.70. The first kappa shape index (κ1) is 18.6. The van der Waals surface area contributed by atoms with Crippen molar-refractivity contribution in [3.8, 4) is 0 Å². The number of nitrogens with zero attached hydrogens (tertiary/aromatic N) is 1. The summed E-state index contributed by atoms with van der Waals surface area (Å²) in [6, 6.07) is 8.12. The molecule has 2 aromatic rings. The van der Waals surface area contributed by atoms with Gasteiger partial charge in [0.25, 0.3) is 5.69 Å². The highest BCUT2D eigenvalue weighted by molar-refractivity contribution is 8.00. The zero-order valence-corrected chi connectivity index (χ0v) is 15.3. The summed E-state index contributed by atoms with van der Waals surface area (Å²) in [6.45, 7) is 3.61. The number of anilines is 1. The molecule has 2 rings (SSSR count). The minimum atomic E-state index is -0.514. The molecule has 0 saturated heterocycles. The maximum Gasteiger partial charge on any atom is 0.293 e. The van der Waals surface area contributed by atoms with Crippen molar-refractivity contribution < 1.29 is 9.72 Å². The second kappa shape index (κ2) is 7.88. The predicted molar refractivity (Wildman–Crippen MR) is 98.4 cm³/mol. The molecule has 0 aliphatic heterocycles. The van der Waals surface area contributed by atoms with Gasteiger partial charge in [-0.25, -0.2) is 0 Å². The third kappa shape index (κ3) is 4.41. The summed E-state index contributed by atoms with van der Waals surface area (Å²) in [7, 11) is 0. The largest absolute Gasteiger partial charge is 0.320 e. The Kier molecular flexibility index (Phi) is 6.10. The van der Waals surface area contributed by atoms with E-state index in [-0.39, 0.29) is 23.0 Å². The molecule has 0 unspecified atom stereocenters. The lowest BCUT2D eigenvalue weighted by Crippen LogP contribution is -2.15. The first-order valence-corrected chi connectivity index (χ1v) is 8.66. The molecule has 0 heterocycles. The second-order valence-corrected chi connectivity index (χ2v) is 6.90. The van der Waals surface area contributed by atoms with Gasteiger partial charge in [0.1, 0.15) is 5.69 Å². The Morgan fingerprint density at radius 1 is 1.21 bits per heavy atom. The number of hydrogen-bond donors (Lipinski definition) is 1. The molecule has 2 aromatic carbocycles. The Balaban J connectivity index is 2.13. The van der Waals surface area contributed by atoms with Crippen LogP contribution in [-0.2, 0) is 4.79 Å². The summed E-state index contributed by atoms with van der Waals surface area (Å²) in [5, 5.41) is 14.6. The van der Waals surface area contributed by atoms with Crippen molar-refractivity contribution in [2.75, 3.05) is 11.1 Å². The summed E-state index contributed by atoms with van der Waals surface area (Å²) in [5.74, 6) is -0.338. The molecule has 126 valence electrons. The van der Waals surface area contributed by atoms with E-state index >= 15 is 0 Å². The zero-order chi connectivity index (χ0) is 17.9. The minimum absolute atomic E-state index is 0.0352. The van der Waals surface area contributed by atoms with Crippen molar-refractivity contribution in [1.29, 1.82) is 0 Å². The number of nitro benzene ring substituents is 1. The van der Waals surface area contributed by atoms with Crippen molar-refractivity contribution in [2.45, 2.75) is 18.7 Å². The molecule has 8 heteroatoms. The molecule has 1 N–H and O–H groups in total. The number of nitro groups is 1. The lowest BCUT2D eigenvalue weighted by molar-refractivity contribution is -0.384. The Morgan fingerprint density at radius 2 is 1.79 bits per heavy atom. The van der Waals surface area contributed by atoms with Crippen molar-refractivity contribution in [3.05, 3.63) is 61.6 Å². The lowest BCUT2D eigenvalue weighted by Gasteiger charge is -2.10. The van der Waals surface area contributed by atoms with Crippen LogP contribution in [0.25, 0.3) is 0 Å². The third-order valence-corrected chi connectivity index (χ3v) is 5.34. The topological polar surface area (TPSA) is 72.2 Å². The van der Waals surface area contributed by atoms with E-state index < -0.39 is 4.92 Å². The van der Waals surface area contributed by atoms with Crippen molar-refractivity contribution in [3.63, 3.8) is 0 Å². The summed E-state index contributed by atoms with van der Waals surface area (Å²) in [6.07, 6.45) is 0. The van der Waals surface area contributed by atoms with E-state index in [1.807, 2.05) is 6.92 Å². The zero-order valence-electron chi connectivity index (χ0n) is 12.9. The summed E-state index contributed by atoms with van der Waals surface area (Å²) in [4.78, 5) is 23.4. The fourth-order valence-electron chi connectivity index (χ4n) is 2.00.